The van der Waals surface area contributed by atoms with Crippen molar-refractivity contribution in [3.63, 3.8) is 0 Å². The molecule has 1 N–H and O–H groups in total. The van der Waals surface area contributed by atoms with E-state index in [1.165, 1.54) is 35.3 Å². The monoisotopic (exact) mass is 348 g/mol. The van der Waals surface area contributed by atoms with E-state index in [-0.39, 0.29) is 6.04 Å². The average Bonchev–Trinajstić information content (AvgIpc) is 3.14. The lowest BCUT2D eigenvalue weighted by molar-refractivity contribution is 0.413. The Labute approximate surface area is 154 Å². The van der Waals surface area contributed by atoms with Crippen molar-refractivity contribution in [2.75, 3.05) is 14.2 Å². The van der Waals surface area contributed by atoms with Crippen molar-refractivity contribution in [1.82, 2.24) is 5.43 Å². The van der Waals surface area contributed by atoms with Gasteiger partial charge in [0.2, 0.25) is 0 Å². The quantitative estimate of drug-likeness (QED) is 0.879. The number of nitrogens with one attached hydrogen (secondary N) is 1. The second kappa shape index (κ2) is 7.24. The van der Waals surface area contributed by atoms with E-state index in [1.54, 1.807) is 14.2 Å². The lowest BCUT2D eigenvalue weighted by atomic mass is 9.78. The van der Waals surface area contributed by atoms with E-state index in [1.807, 2.05) is 24.3 Å². The molecule has 1 aliphatic carbocycles. The summed E-state index contributed by atoms with van der Waals surface area (Å²) in [6.07, 6.45) is 5.71. The topological polar surface area (TPSA) is 42.8 Å². The van der Waals surface area contributed by atoms with Gasteiger partial charge in [-0.15, -0.1) is 0 Å². The summed E-state index contributed by atoms with van der Waals surface area (Å²) in [6.45, 7) is 0. The Kier molecular flexibility index (Phi) is 4.65. The molecule has 0 aromatic heterocycles. The van der Waals surface area contributed by atoms with Gasteiger partial charge in [0.1, 0.15) is 11.5 Å². The maximum Gasteiger partial charge on any atom is 0.118 e. The Morgan fingerprint density at radius 2 is 1.62 bits per heavy atom. The molecule has 0 amide bonds. The first-order valence-electron chi connectivity index (χ1n) is 9.10. The molecule has 0 saturated heterocycles. The first kappa shape index (κ1) is 16.7. The van der Waals surface area contributed by atoms with Crippen LogP contribution < -0.4 is 14.9 Å². The maximum atomic E-state index is 5.27. The molecule has 2 aromatic rings. The highest BCUT2D eigenvalue weighted by molar-refractivity contribution is 6.07. The molecule has 2 aliphatic rings. The third-order valence-corrected chi connectivity index (χ3v) is 5.30. The highest BCUT2D eigenvalue weighted by atomic mass is 16.5. The van der Waals surface area contributed by atoms with Crippen LogP contribution in [-0.2, 0) is 0 Å². The first-order chi connectivity index (χ1) is 12.8. The van der Waals surface area contributed by atoms with Crippen molar-refractivity contribution in [3.8, 4) is 11.5 Å². The number of ether oxygens (including phenoxy) is 2. The highest BCUT2D eigenvalue weighted by Gasteiger charge is 2.36. The summed E-state index contributed by atoms with van der Waals surface area (Å²) in [7, 11) is 3.39. The summed E-state index contributed by atoms with van der Waals surface area (Å²) in [6, 6.07) is 16.8. The van der Waals surface area contributed by atoms with Gasteiger partial charge in [-0.25, -0.2) is 0 Å². The smallest absolute Gasteiger partial charge is 0.118 e. The van der Waals surface area contributed by atoms with Gasteiger partial charge >= 0.3 is 0 Å². The number of hydrogen-bond acceptors (Lipinski definition) is 4. The molecule has 1 saturated carbocycles. The van der Waals surface area contributed by atoms with Crippen LogP contribution in [0.3, 0.4) is 0 Å². The fourth-order valence-electron chi connectivity index (χ4n) is 3.89. The summed E-state index contributed by atoms with van der Waals surface area (Å²) >= 11 is 0. The number of allylic oxidation sites excluding steroid dienone is 1. The van der Waals surface area contributed by atoms with Crippen LogP contribution in [0.25, 0.3) is 6.08 Å². The Bertz CT molecular complexity index is 822. The molecule has 4 rings (SSSR count). The van der Waals surface area contributed by atoms with Crippen LogP contribution in [0.15, 0.2) is 59.2 Å². The van der Waals surface area contributed by atoms with E-state index in [0.717, 1.165) is 17.9 Å². The Morgan fingerprint density at radius 3 is 2.27 bits per heavy atom. The minimum atomic E-state index is 0.246. The van der Waals surface area contributed by atoms with Gasteiger partial charge in [0.05, 0.1) is 26.0 Å². The molecule has 0 spiro atoms. The molecular weight excluding hydrogens is 324 g/mol. The number of fused-ring (bicyclic) bond motifs is 1. The minimum absolute atomic E-state index is 0.246. The van der Waals surface area contributed by atoms with E-state index >= 15 is 0 Å². The van der Waals surface area contributed by atoms with Crippen molar-refractivity contribution in [2.45, 2.75) is 25.3 Å². The first-order valence-corrected chi connectivity index (χ1v) is 9.10. The predicted molar refractivity (Wildman–Crippen MR) is 105 cm³/mol. The molecule has 1 fully saturated rings. The average molecular weight is 348 g/mol. The van der Waals surface area contributed by atoms with Crippen LogP contribution in [-0.4, -0.2) is 19.9 Å². The van der Waals surface area contributed by atoms with Gasteiger partial charge in [-0.2, -0.15) is 5.10 Å². The van der Waals surface area contributed by atoms with Gasteiger partial charge < -0.3 is 14.9 Å². The van der Waals surface area contributed by atoms with E-state index in [4.69, 9.17) is 14.6 Å². The van der Waals surface area contributed by atoms with Crippen LogP contribution in [0.5, 0.6) is 11.5 Å². The summed E-state index contributed by atoms with van der Waals surface area (Å²) in [4.78, 5) is 0. The predicted octanol–water partition coefficient (Wildman–Crippen LogP) is 4.59. The van der Waals surface area contributed by atoms with Crippen molar-refractivity contribution >= 4 is 11.8 Å². The van der Waals surface area contributed by atoms with Crippen molar-refractivity contribution < 1.29 is 9.47 Å². The molecule has 1 heterocycles. The van der Waals surface area contributed by atoms with Gasteiger partial charge in [-0.05, 0) is 66.3 Å². The minimum Gasteiger partial charge on any atom is -0.497 e. The lowest BCUT2D eigenvalue weighted by Gasteiger charge is -2.26. The Balaban J connectivity index is 1.56. The van der Waals surface area contributed by atoms with Gasteiger partial charge in [0.15, 0.2) is 0 Å². The van der Waals surface area contributed by atoms with Gasteiger partial charge in [0.25, 0.3) is 0 Å². The fourth-order valence-corrected chi connectivity index (χ4v) is 3.89. The number of nitrogens with zero attached hydrogens (tertiary/aromatic N) is 1. The van der Waals surface area contributed by atoms with Crippen LogP contribution in [0.4, 0.5) is 0 Å². The molecule has 0 bridgehead atoms. The molecule has 4 nitrogen and oxygen atoms in total. The van der Waals surface area contributed by atoms with Gasteiger partial charge in [-0.1, -0.05) is 24.3 Å². The van der Waals surface area contributed by atoms with Gasteiger partial charge in [-0.3, -0.25) is 0 Å². The van der Waals surface area contributed by atoms with Crippen LogP contribution in [0.1, 0.15) is 36.4 Å². The number of benzene rings is 2. The molecule has 1 aliphatic heterocycles. The molecule has 2 atom stereocenters. The van der Waals surface area contributed by atoms with E-state index in [2.05, 4.69) is 35.8 Å². The number of hydrogen-bond donors (Lipinski definition) is 1. The molecule has 0 radical (unpaired) electrons. The van der Waals surface area contributed by atoms with Crippen molar-refractivity contribution in [2.24, 2.45) is 11.0 Å². The van der Waals surface area contributed by atoms with Crippen molar-refractivity contribution in [3.05, 3.63) is 65.2 Å². The van der Waals surface area contributed by atoms with E-state index in [0.29, 0.717) is 5.92 Å². The lowest BCUT2D eigenvalue weighted by Crippen LogP contribution is -2.25. The summed E-state index contributed by atoms with van der Waals surface area (Å²) in [5, 5.41) is 4.71. The van der Waals surface area contributed by atoms with Gasteiger partial charge in [0, 0.05) is 5.92 Å². The largest absolute Gasteiger partial charge is 0.497 e. The molecule has 134 valence electrons. The zero-order chi connectivity index (χ0) is 17.9. The fraction of sp³-hybridized carbons (Fsp3) is 0.318. The number of methoxy groups -OCH3 is 2. The third-order valence-electron chi connectivity index (χ3n) is 5.30. The maximum absolute atomic E-state index is 5.27. The summed E-state index contributed by atoms with van der Waals surface area (Å²) in [5.74, 6) is 2.20. The van der Waals surface area contributed by atoms with Crippen molar-refractivity contribution in [1.29, 1.82) is 0 Å². The second-order valence-corrected chi connectivity index (χ2v) is 6.82. The third kappa shape index (κ3) is 3.19. The molecule has 2 aromatic carbocycles. The van der Waals surface area contributed by atoms with E-state index < -0.39 is 0 Å². The number of hydrazone groups is 1. The van der Waals surface area contributed by atoms with Crippen LogP contribution in [0, 0.1) is 5.92 Å². The van der Waals surface area contributed by atoms with Crippen LogP contribution >= 0.6 is 0 Å². The van der Waals surface area contributed by atoms with Crippen LogP contribution in [0.2, 0.25) is 0 Å². The summed E-state index contributed by atoms with van der Waals surface area (Å²) < 4.78 is 10.5. The van der Waals surface area contributed by atoms with E-state index in [9.17, 15) is 0 Å². The SMILES string of the molecule is COc1ccc(/C=C2\CCCC3C2=NNC3c2ccc(OC)cc2)cc1. The zero-order valence-electron chi connectivity index (χ0n) is 15.2. The molecule has 4 heteroatoms. The highest BCUT2D eigenvalue weighted by Crippen LogP contribution is 2.39. The standard InChI is InChI=1S/C22H24N2O2/c1-25-18-10-6-15(7-11-18)14-17-4-3-5-20-21(23-24-22(17)20)16-8-12-19(26-2)13-9-16/h6-14,20-21,23H,3-5H2,1-2H3/b17-14+. The Hall–Kier alpha value is -2.75. The molecule has 2 unspecified atom stereocenters. The molecular formula is C22H24N2O2. The molecule has 26 heavy (non-hydrogen) atoms. The zero-order valence-corrected chi connectivity index (χ0v) is 15.2. The number of rotatable bonds is 4. The normalized spacial score (nSPS) is 23.2. The second-order valence-electron chi connectivity index (χ2n) is 6.82. The Morgan fingerprint density at radius 1 is 0.962 bits per heavy atom. The summed E-state index contributed by atoms with van der Waals surface area (Å²) in [5.41, 5.74) is 8.39.